The number of aryl methyl sites for hydroxylation is 1. The van der Waals surface area contributed by atoms with E-state index in [4.69, 9.17) is 4.74 Å². The third-order valence-electron chi connectivity index (χ3n) is 4.45. The number of methoxy groups -OCH3 is 1. The number of hydrogen-bond acceptors (Lipinski definition) is 3. The van der Waals surface area contributed by atoms with Crippen LogP contribution in [0.2, 0.25) is 0 Å². The smallest absolute Gasteiger partial charge is 0.220 e. The first-order chi connectivity index (χ1) is 11.1. The number of ketones is 1. The van der Waals surface area contributed by atoms with Crippen LogP contribution >= 0.6 is 0 Å². The number of carbonyl (C=O) groups excluding carboxylic acids is 2. The highest BCUT2D eigenvalue weighted by atomic mass is 16.5. The largest absolute Gasteiger partial charge is 0.496 e. The van der Waals surface area contributed by atoms with Crippen LogP contribution < -0.4 is 10.1 Å². The van der Waals surface area contributed by atoms with Gasteiger partial charge >= 0.3 is 0 Å². The lowest BCUT2D eigenvalue weighted by Crippen LogP contribution is -2.34. The van der Waals surface area contributed by atoms with E-state index in [1.165, 1.54) is 25.7 Å². The van der Waals surface area contributed by atoms with Crippen molar-refractivity contribution in [2.45, 2.75) is 64.3 Å². The van der Waals surface area contributed by atoms with E-state index in [2.05, 4.69) is 5.32 Å². The summed E-state index contributed by atoms with van der Waals surface area (Å²) in [5.74, 6) is 0.517. The van der Waals surface area contributed by atoms with E-state index < -0.39 is 0 Å². The minimum absolute atomic E-state index is 0.0168. The van der Waals surface area contributed by atoms with Crippen LogP contribution in [-0.2, 0) is 4.79 Å². The topological polar surface area (TPSA) is 55.4 Å². The molecule has 4 nitrogen and oxygen atoms in total. The van der Waals surface area contributed by atoms with Gasteiger partial charge in [-0.3, -0.25) is 9.59 Å². The van der Waals surface area contributed by atoms with Crippen molar-refractivity contribution in [3.05, 3.63) is 29.3 Å². The molecule has 4 heteroatoms. The Labute approximate surface area is 138 Å². The zero-order valence-corrected chi connectivity index (χ0v) is 14.2. The Morgan fingerprint density at radius 3 is 2.48 bits per heavy atom. The molecule has 1 amide bonds. The van der Waals surface area contributed by atoms with Gasteiger partial charge in [0.25, 0.3) is 0 Å². The summed E-state index contributed by atoms with van der Waals surface area (Å²) in [6.45, 7) is 1.94. The summed E-state index contributed by atoms with van der Waals surface area (Å²) < 4.78 is 5.24. The van der Waals surface area contributed by atoms with Crippen molar-refractivity contribution in [1.82, 2.24) is 5.32 Å². The van der Waals surface area contributed by atoms with Crippen molar-refractivity contribution in [2.24, 2.45) is 0 Å². The van der Waals surface area contributed by atoms with Crippen molar-refractivity contribution in [3.8, 4) is 5.75 Å². The number of Topliss-reactive ketones (excluding diaryl/α,β-unsaturated/α-hetero) is 1. The van der Waals surface area contributed by atoms with Gasteiger partial charge in [0.2, 0.25) is 5.91 Å². The monoisotopic (exact) mass is 317 g/mol. The Balaban J connectivity index is 1.86. The second-order valence-electron chi connectivity index (χ2n) is 6.38. The fraction of sp³-hybridized carbons (Fsp3) is 0.579. The number of benzene rings is 1. The summed E-state index contributed by atoms with van der Waals surface area (Å²) in [5, 5.41) is 3.08. The van der Waals surface area contributed by atoms with Gasteiger partial charge < -0.3 is 10.1 Å². The molecule has 0 spiro atoms. The minimum Gasteiger partial charge on any atom is -0.496 e. The fourth-order valence-corrected chi connectivity index (χ4v) is 3.13. The second kappa shape index (κ2) is 8.70. The first-order valence-electron chi connectivity index (χ1n) is 8.57. The quantitative estimate of drug-likeness (QED) is 0.641. The molecule has 0 atom stereocenters. The summed E-state index contributed by atoms with van der Waals surface area (Å²) in [5.41, 5.74) is 1.58. The Hall–Kier alpha value is -1.84. The molecule has 126 valence electrons. The van der Waals surface area contributed by atoms with Gasteiger partial charge in [0.05, 0.1) is 12.7 Å². The van der Waals surface area contributed by atoms with Crippen LogP contribution in [0, 0.1) is 6.92 Å². The van der Waals surface area contributed by atoms with Gasteiger partial charge in [-0.05, 0) is 31.9 Å². The second-order valence-corrected chi connectivity index (χ2v) is 6.38. The molecule has 0 aromatic heterocycles. The molecule has 0 radical (unpaired) electrons. The average molecular weight is 317 g/mol. The normalized spacial score (nSPS) is 15.7. The van der Waals surface area contributed by atoms with Gasteiger partial charge in [0.1, 0.15) is 5.75 Å². The number of hydrogen-bond donors (Lipinski definition) is 1. The van der Waals surface area contributed by atoms with E-state index >= 15 is 0 Å². The highest BCUT2D eigenvalue weighted by Gasteiger charge is 2.17. The van der Waals surface area contributed by atoms with E-state index in [0.29, 0.717) is 11.3 Å². The van der Waals surface area contributed by atoms with Crippen LogP contribution in [0.5, 0.6) is 5.75 Å². The molecule has 2 rings (SSSR count). The van der Waals surface area contributed by atoms with Gasteiger partial charge in [-0.15, -0.1) is 0 Å². The van der Waals surface area contributed by atoms with Crippen LogP contribution in [0.1, 0.15) is 67.3 Å². The molecule has 1 saturated carbocycles. The van der Waals surface area contributed by atoms with Crippen molar-refractivity contribution < 1.29 is 14.3 Å². The summed E-state index contributed by atoms with van der Waals surface area (Å²) in [7, 11) is 1.56. The van der Waals surface area contributed by atoms with Crippen molar-refractivity contribution in [3.63, 3.8) is 0 Å². The molecule has 0 heterocycles. The van der Waals surface area contributed by atoms with Crippen LogP contribution in [0.3, 0.4) is 0 Å². The molecule has 1 fully saturated rings. The molecular formula is C19H27NO3. The van der Waals surface area contributed by atoms with E-state index in [0.717, 1.165) is 18.4 Å². The molecule has 0 aliphatic heterocycles. The maximum atomic E-state index is 12.4. The summed E-state index contributed by atoms with van der Waals surface area (Å²) in [4.78, 5) is 24.5. The molecule has 0 bridgehead atoms. The molecular weight excluding hydrogens is 290 g/mol. The van der Waals surface area contributed by atoms with E-state index in [9.17, 15) is 9.59 Å². The summed E-state index contributed by atoms with van der Waals surface area (Å²) in [6, 6.07) is 5.82. The number of nitrogens with one attached hydrogen (secondary N) is 1. The van der Waals surface area contributed by atoms with Gasteiger partial charge in [-0.2, -0.15) is 0 Å². The van der Waals surface area contributed by atoms with Crippen LogP contribution in [0.15, 0.2) is 18.2 Å². The molecule has 1 aliphatic rings. The lowest BCUT2D eigenvalue weighted by atomic mass is 10.0. The summed E-state index contributed by atoms with van der Waals surface area (Å²) in [6.07, 6.45) is 7.48. The Kier molecular flexibility index (Phi) is 6.63. The lowest BCUT2D eigenvalue weighted by molar-refractivity contribution is -0.121. The third-order valence-corrected chi connectivity index (χ3v) is 4.45. The molecule has 1 aromatic carbocycles. The maximum absolute atomic E-state index is 12.4. The standard InChI is InChI=1S/C19H27NO3/c1-14-9-11-18(23-2)16(13-14)17(21)10-12-19(22)20-15-7-5-3-4-6-8-15/h9,11,13,15H,3-8,10,12H2,1-2H3,(H,20,22). The van der Waals surface area contributed by atoms with Crippen molar-refractivity contribution in [1.29, 1.82) is 0 Å². The van der Waals surface area contributed by atoms with Gasteiger partial charge in [-0.1, -0.05) is 37.3 Å². The molecule has 1 aliphatic carbocycles. The van der Waals surface area contributed by atoms with Crippen LogP contribution in [0.25, 0.3) is 0 Å². The van der Waals surface area contributed by atoms with Gasteiger partial charge in [0.15, 0.2) is 5.78 Å². The molecule has 23 heavy (non-hydrogen) atoms. The van der Waals surface area contributed by atoms with E-state index in [1.807, 2.05) is 19.1 Å². The average Bonchev–Trinajstić information content (AvgIpc) is 2.81. The van der Waals surface area contributed by atoms with Crippen molar-refractivity contribution >= 4 is 11.7 Å². The van der Waals surface area contributed by atoms with Gasteiger partial charge in [-0.25, -0.2) is 0 Å². The zero-order valence-electron chi connectivity index (χ0n) is 14.2. The Bertz CT molecular complexity index is 546. The first kappa shape index (κ1) is 17.5. The predicted molar refractivity (Wildman–Crippen MR) is 90.9 cm³/mol. The van der Waals surface area contributed by atoms with Crippen LogP contribution in [0.4, 0.5) is 0 Å². The highest BCUT2D eigenvalue weighted by molar-refractivity contribution is 6.00. The lowest BCUT2D eigenvalue weighted by Gasteiger charge is -2.16. The molecule has 1 N–H and O–H groups in total. The fourth-order valence-electron chi connectivity index (χ4n) is 3.13. The van der Waals surface area contributed by atoms with Gasteiger partial charge in [0, 0.05) is 18.9 Å². The first-order valence-corrected chi connectivity index (χ1v) is 8.57. The van der Waals surface area contributed by atoms with Crippen LogP contribution in [-0.4, -0.2) is 24.8 Å². The zero-order chi connectivity index (χ0) is 16.7. The van der Waals surface area contributed by atoms with E-state index in [-0.39, 0.29) is 30.6 Å². The number of amides is 1. The minimum atomic E-state index is -0.0402. The number of rotatable bonds is 6. The SMILES string of the molecule is COc1ccc(C)cc1C(=O)CCC(=O)NC1CCCCCC1. The summed E-state index contributed by atoms with van der Waals surface area (Å²) >= 11 is 0. The Morgan fingerprint density at radius 2 is 1.83 bits per heavy atom. The van der Waals surface area contributed by atoms with E-state index in [1.54, 1.807) is 13.2 Å². The van der Waals surface area contributed by atoms with Crippen molar-refractivity contribution in [2.75, 3.05) is 7.11 Å². The number of carbonyl (C=O) groups is 2. The maximum Gasteiger partial charge on any atom is 0.220 e. The Morgan fingerprint density at radius 1 is 1.13 bits per heavy atom. The third kappa shape index (κ3) is 5.38. The number of ether oxygens (including phenoxy) is 1. The molecule has 0 unspecified atom stereocenters. The highest BCUT2D eigenvalue weighted by Crippen LogP contribution is 2.22. The predicted octanol–water partition coefficient (Wildman–Crippen LogP) is 3.81. The molecule has 0 saturated heterocycles. The molecule has 1 aromatic rings.